The van der Waals surface area contributed by atoms with Crippen LogP contribution in [0.3, 0.4) is 0 Å². The lowest BCUT2D eigenvalue weighted by atomic mass is 9.90. The van der Waals surface area contributed by atoms with E-state index >= 15 is 0 Å². The predicted octanol–water partition coefficient (Wildman–Crippen LogP) is 1.97. The molecule has 1 atom stereocenters. The third kappa shape index (κ3) is 1.60. The number of guanidine groups is 1. The summed E-state index contributed by atoms with van der Waals surface area (Å²) >= 11 is 0. The molecular formula is C11H23N3. The van der Waals surface area contributed by atoms with Crippen molar-refractivity contribution in [3.05, 3.63) is 0 Å². The molecule has 82 valence electrons. The van der Waals surface area contributed by atoms with Crippen LogP contribution in [0.25, 0.3) is 0 Å². The second-order valence-corrected chi connectivity index (χ2v) is 4.23. The van der Waals surface area contributed by atoms with E-state index in [2.05, 4.69) is 37.6 Å². The van der Waals surface area contributed by atoms with E-state index in [9.17, 15) is 0 Å². The summed E-state index contributed by atoms with van der Waals surface area (Å²) in [7, 11) is 0. The van der Waals surface area contributed by atoms with Gasteiger partial charge in [0.15, 0.2) is 5.96 Å². The van der Waals surface area contributed by atoms with Gasteiger partial charge in [0, 0.05) is 6.04 Å². The fourth-order valence-electron chi connectivity index (χ4n) is 2.31. The zero-order valence-corrected chi connectivity index (χ0v) is 9.88. The topological polar surface area (TPSA) is 41.6 Å². The number of hydrogen-bond donors (Lipinski definition) is 1. The van der Waals surface area contributed by atoms with Gasteiger partial charge in [0.25, 0.3) is 0 Å². The molecule has 1 unspecified atom stereocenters. The third-order valence-corrected chi connectivity index (χ3v) is 3.64. The molecule has 0 amide bonds. The molecule has 0 saturated carbocycles. The Morgan fingerprint density at radius 2 is 2.00 bits per heavy atom. The molecule has 0 aromatic rings. The molecule has 0 bridgehead atoms. The molecule has 0 radical (unpaired) electrons. The highest BCUT2D eigenvalue weighted by molar-refractivity contribution is 5.81. The molecule has 14 heavy (non-hydrogen) atoms. The molecule has 3 nitrogen and oxygen atoms in total. The summed E-state index contributed by atoms with van der Waals surface area (Å²) < 4.78 is 0. The largest absolute Gasteiger partial charge is 0.370 e. The van der Waals surface area contributed by atoms with E-state index in [0.717, 1.165) is 31.8 Å². The predicted molar refractivity (Wildman–Crippen MR) is 61.4 cm³/mol. The van der Waals surface area contributed by atoms with E-state index < -0.39 is 0 Å². The van der Waals surface area contributed by atoms with Crippen LogP contribution in [0.5, 0.6) is 0 Å². The van der Waals surface area contributed by atoms with Crippen LogP contribution >= 0.6 is 0 Å². The van der Waals surface area contributed by atoms with Gasteiger partial charge in [0.1, 0.15) is 0 Å². The van der Waals surface area contributed by atoms with Gasteiger partial charge in [-0.3, -0.25) is 4.99 Å². The number of hydrogen-bond acceptors (Lipinski definition) is 3. The van der Waals surface area contributed by atoms with Crippen molar-refractivity contribution in [3.63, 3.8) is 0 Å². The Labute approximate surface area is 87.4 Å². The van der Waals surface area contributed by atoms with E-state index in [0.29, 0.717) is 6.04 Å². The molecular weight excluding hydrogens is 174 g/mol. The van der Waals surface area contributed by atoms with Gasteiger partial charge in [-0.2, -0.15) is 0 Å². The van der Waals surface area contributed by atoms with Gasteiger partial charge < -0.3 is 10.6 Å². The highest BCUT2D eigenvalue weighted by Gasteiger charge is 2.40. The van der Waals surface area contributed by atoms with Gasteiger partial charge in [-0.15, -0.1) is 0 Å². The standard InChI is InChI=1S/C11H23N3/c1-5-9(4)14-10(12)13-8-11(14,6-2)7-3/h9H,5-8H2,1-4H3,(H2,12,13). The molecule has 1 rings (SSSR count). The number of rotatable bonds is 4. The molecule has 0 spiro atoms. The summed E-state index contributed by atoms with van der Waals surface area (Å²) in [6, 6.07) is 0.501. The third-order valence-electron chi connectivity index (χ3n) is 3.64. The maximum atomic E-state index is 5.96. The van der Waals surface area contributed by atoms with E-state index in [1.165, 1.54) is 0 Å². The minimum Gasteiger partial charge on any atom is -0.370 e. The van der Waals surface area contributed by atoms with Gasteiger partial charge in [-0.1, -0.05) is 20.8 Å². The summed E-state index contributed by atoms with van der Waals surface area (Å²) in [5.74, 6) is 0.739. The Morgan fingerprint density at radius 3 is 2.43 bits per heavy atom. The van der Waals surface area contributed by atoms with Crippen LogP contribution in [0.4, 0.5) is 0 Å². The maximum absolute atomic E-state index is 5.96. The van der Waals surface area contributed by atoms with Crippen molar-refractivity contribution in [2.24, 2.45) is 10.7 Å². The first-order valence-electron chi connectivity index (χ1n) is 5.70. The van der Waals surface area contributed by atoms with Crippen molar-refractivity contribution >= 4 is 5.96 Å². The zero-order valence-electron chi connectivity index (χ0n) is 9.88. The SMILES string of the molecule is CCC(C)N1C(N)=NCC1(CC)CC. The summed E-state index contributed by atoms with van der Waals surface area (Å²) in [5.41, 5.74) is 6.15. The molecule has 2 N–H and O–H groups in total. The molecule has 0 fully saturated rings. The molecule has 0 aromatic carbocycles. The summed E-state index contributed by atoms with van der Waals surface area (Å²) in [4.78, 5) is 6.73. The zero-order chi connectivity index (χ0) is 10.8. The Hall–Kier alpha value is -0.730. The molecule has 3 heteroatoms. The smallest absolute Gasteiger partial charge is 0.192 e. The van der Waals surface area contributed by atoms with Crippen LogP contribution in [0.2, 0.25) is 0 Å². The van der Waals surface area contributed by atoms with Gasteiger partial charge in [0.2, 0.25) is 0 Å². The summed E-state index contributed by atoms with van der Waals surface area (Å²) in [5, 5.41) is 0. The molecule has 1 aliphatic heterocycles. The maximum Gasteiger partial charge on any atom is 0.192 e. The Balaban J connectivity index is 2.89. The van der Waals surface area contributed by atoms with Crippen molar-refractivity contribution in [2.45, 2.75) is 58.5 Å². The lowest BCUT2D eigenvalue weighted by Gasteiger charge is -2.41. The molecule has 0 saturated heterocycles. The second-order valence-electron chi connectivity index (χ2n) is 4.23. The van der Waals surface area contributed by atoms with Crippen LogP contribution in [0, 0.1) is 0 Å². The van der Waals surface area contributed by atoms with Gasteiger partial charge >= 0.3 is 0 Å². The van der Waals surface area contributed by atoms with Gasteiger partial charge in [-0.25, -0.2) is 0 Å². The van der Waals surface area contributed by atoms with E-state index in [-0.39, 0.29) is 5.54 Å². The first kappa shape index (κ1) is 11.3. The van der Waals surface area contributed by atoms with E-state index in [1.807, 2.05) is 0 Å². The van der Waals surface area contributed by atoms with Crippen molar-refractivity contribution in [3.8, 4) is 0 Å². The van der Waals surface area contributed by atoms with Crippen LogP contribution in [-0.2, 0) is 0 Å². The average molecular weight is 197 g/mol. The number of aliphatic imine (C=N–C) groups is 1. The molecule has 0 aliphatic carbocycles. The normalized spacial score (nSPS) is 22.3. The number of nitrogens with two attached hydrogens (primary N) is 1. The van der Waals surface area contributed by atoms with Gasteiger partial charge in [0.05, 0.1) is 12.1 Å². The van der Waals surface area contributed by atoms with E-state index in [1.54, 1.807) is 0 Å². The monoisotopic (exact) mass is 197 g/mol. The molecule has 1 heterocycles. The van der Waals surface area contributed by atoms with Crippen molar-refractivity contribution < 1.29 is 0 Å². The van der Waals surface area contributed by atoms with Crippen LogP contribution in [-0.4, -0.2) is 29.0 Å². The highest BCUT2D eigenvalue weighted by Crippen LogP contribution is 2.31. The Kier molecular flexibility index (Phi) is 3.40. The molecule has 1 aliphatic rings. The second kappa shape index (κ2) is 4.20. The van der Waals surface area contributed by atoms with Crippen molar-refractivity contribution in [1.82, 2.24) is 4.90 Å². The van der Waals surface area contributed by atoms with Crippen LogP contribution < -0.4 is 5.73 Å². The minimum absolute atomic E-state index is 0.194. The van der Waals surface area contributed by atoms with Crippen molar-refractivity contribution in [2.75, 3.05) is 6.54 Å². The Morgan fingerprint density at radius 1 is 1.43 bits per heavy atom. The number of nitrogens with zero attached hydrogens (tertiary/aromatic N) is 2. The quantitative estimate of drug-likeness (QED) is 0.748. The van der Waals surface area contributed by atoms with Gasteiger partial charge in [-0.05, 0) is 26.2 Å². The fourth-order valence-corrected chi connectivity index (χ4v) is 2.31. The molecule has 0 aromatic heterocycles. The average Bonchev–Trinajstić information content (AvgIpc) is 2.55. The van der Waals surface area contributed by atoms with E-state index in [4.69, 9.17) is 5.73 Å². The Bertz CT molecular complexity index is 219. The lowest BCUT2D eigenvalue weighted by Crippen LogP contribution is -2.54. The summed E-state index contributed by atoms with van der Waals surface area (Å²) in [6.45, 7) is 9.76. The fraction of sp³-hybridized carbons (Fsp3) is 0.909. The first-order chi connectivity index (χ1) is 6.61. The lowest BCUT2D eigenvalue weighted by molar-refractivity contribution is 0.142. The van der Waals surface area contributed by atoms with Crippen LogP contribution in [0.1, 0.15) is 47.0 Å². The van der Waals surface area contributed by atoms with Crippen LogP contribution in [0.15, 0.2) is 4.99 Å². The van der Waals surface area contributed by atoms with Crippen molar-refractivity contribution in [1.29, 1.82) is 0 Å². The summed E-state index contributed by atoms with van der Waals surface area (Å²) in [6.07, 6.45) is 3.37. The first-order valence-corrected chi connectivity index (χ1v) is 5.70. The minimum atomic E-state index is 0.194. The highest BCUT2D eigenvalue weighted by atomic mass is 15.4.